The number of sulfonamides is 1. The molecule has 0 aromatic heterocycles. The Kier molecular flexibility index (Phi) is 5.18. The molecule has 0 heterocycles. The summed E-state index contributed by atoms with van der Waals surface area (Å²) >= 11 is 11.4. The fourth-order valence-electron chi connectivity index (χ4n) is 0.998. The second kappa shape index (κ2) is 5.99. The van der Waals surface area contributed by atoms with Crippen molar-refractivity contribution in [3.8, 4) is 0 Å². The third-order valence-corrected chi connectivity index (χ3v) is 4.08. The minimum atomic E-state index is -3.77. The molecular formula is C9H11Cl2NO4S. The summed E-state index contributed by atoms with van der Waals surface area (Å²) in [5, 5.41) is 18.0. The molecule has 1 aromatic carbocycles. The van der Waals surface area contributed by atoms with Crippen molar-refractivity contribution < 1.29 is 18.6 Å². The van der Waals surface area contributed by atoms with Crippen LogP contribution in [0.1, 0.15) is 0 Å². The molecule has 0 unspecified atom stereocenters. The number of aliphatic hydroxyl groups is 2. The predicted molar refractivity (Wildman–Crippen MR) is 64.7 cm³/mol. The van der Waals surface area contributed by atoms with Crippen LogP contribution in [-0.4, -0.2) is 37.9 Å². The van der Waals surface area contributed by atoms with Crippen LogP contribution in [0.5, 0.6) is 0 Å². The summed E-state index contributed by atoms with van der Waals surface area (Å²) in [5.41, 5.74) is 0. The van der Waals surface area contributed by atoms with E-state index in [9.17, 15) is 8.42 Å². The van der Waals surface area contributed by atoms with Crippen LogP contribution in [0.2, 0.25) is 10.0 Å². The maximum atomic E-state index is 11.7. The fourth-order valence-corrected chi connectivity index (χ4v) is 2.46. The number of aliphatic hydroxyl groups excluding tert-OH is 2. The zero-order chi connectivity index (χ0) is 13.1. The van der Waals surface area contributed by atoms with Crippen molar-refractivity contribution in [3.63, 3.8) is 0 Å². The van der Waals surface area contributed by atoms with E-state index in [2.05, 4.69) is 4.72 Å². The summed E-state index contributed by atoms with van der Waals surface area (Å²) in [7, 11) is -3.77. The zero-order valence-electron chi connectivity index (χ0n) is 8.60. The van der Waals surface area contributed by atoms with Crippen LogP contribution in [0.3, 0.4) is 0 Å². The first-order valence-electron chi connectivity index (χ1n) is 4.60. The highest BCUT2D eigenvalue weighted by Crippen LogP contribution is 2.24. The average molecular weight is 300 g/mol. The highest BCUT2D eigenvalue weighted by molar-refractivity contribution is 7.89. The smallest absolute Gasteiger partial charge is 0.240 e. The molecule has 3 N–H and O–H groups in total. The molecule has 8 heteroatoms. The van der Waals surface area contributed by atoms with Gasteiger partial charge in [-0.25, -0.2) is 13.1 Å². The van der Waals surface area contributed by atoms with Crippen molar-refractivity contribution >= 4 is 33.2 Å². The summed E-state index contributed by atoms with van der Waals surface area (Å²) in [4.78, 5) is -0.0583. The third kappa shape index (κ3) is 4.09. The summed E-state index contributed by atoms with van der Waals surface area (Å²) in [6, 6.07) is 3.86. The normalized spacial score (nSPS) is 13.6. The molecule has 0 saturated heterocycles. The Bertz CT molecular complexity index is 492. The van der Waals surface area contributed by atoms with Crippen LogP contribution in [0.15, 0.2) is 23.1 Å². The van der Waals surface area contributed by atoms with Crippen molar-refractivity contribution in [1.29, 1.82) is 0 Å². The minimum absolute atomic E-state index is 0.0583. The van der Waals surface area contributed by atoms with Crippen LogP contribution in [0.4, 0.5) is 0 Å². The molecule has 1 rings (SSSR count). The molecule has 1 atom stereocenters. The first kappa shape index (κ1) is 14.7. The van der Waals surface area contributed by atoms with Gasteiger partial charge in [0, 0.05) is 6.54 Å². The van der Waals surface area contributed by atoms with E-state index in [0.29, 0.717) is 0 Å². The zero-order valence-corrected chi connectivity index (χ0v) is 10.9. The maximum absolute atomic E-state index is 11.7. The SMILES string of the molecule is O=S(=O)(NC[C@H](O)CO)c1ccc(Cl)c(Cl)c1. The summed E-state index contributed by atoms with van der Waals surface area (Å²) in [6.45, 7) is -0.803. The van der Waals surface area contributed by atoms with Crippen LogP contribution < -0.4 is 4.72 Å². The monoisotopic (exact) mass is 299 g/mol. The molecule has 0 aliphatic rings. The van der Waals surface area contributed by atoms with Crippen molar-refractivity contribution in [3.05, 3.63) is 28.2 Å². The first-order valence-corrected chi connectivity index (χ1v) is 6.84. The highest BCUT2D eigenvalue weighted by atomic mass is 35.5. The molecule has 0 spiro atoms. The van der Waals surface area contributed by atoms with Gasteiger partial charge in [0.05, 0.1) is 27.7 Å². The lowest BCUT2D eigenvalue weighted by Gasteiger charge is -2.10. The Morgan fingerprint density at radius 3 is 2.47 bits per heavy atom. The predicted octanol–water partition coefficient (Wildman–Crippen LogP) is 0.625. The van der Waals surface area contributed by atoms with Gasteiger partial charge in [-0.2, -0.15) is 0 Å². The van der Waals surface area contributed by atoms with Gasteiger partial charge in [0.15, 0.2) is 0 Å². The standard InChI is InChI=1S/C9H11Cl2NO4S/c10-8-2-1-7(3-9(8)11)17(15,16)12-4-6(14)5-13/h1-3,6,12-14H,4-5H2/t6-/m0/s1. The molecule has 17 heavy (non-hydrogen) atoms. The van der Waals surface area contributed by atoms with Crippen molar-refractivity contribution in [2.24, 2.45) is 0 Å². The largest absolute Gasteiger partial charge is 0.394 e. The van der Waals surface area contributed by atoms with Gasteiger partial charge in [-0.1, -0.05) is 23.2 Å². The molecule has 0 saturated carbocycles. The lowest BCUT2D eigenvalue weighted by Crippen LogP contribution is -2.33. The molecule has 0 aliphatic heterocycles. The molecule has 96 valence electrons. The number of hydrogen-bond acceptors (Lipinski definition) is 4. The van der Waals surface area contributed by atoms with Gasteiger partial charge in [0.1, 0.15) is 0 Å². The van der Waals surface area contributed by atoms with Crippen molar-refractivity contribution in [2.45, 2.75) is 11.0 Å². The Hall–Kier alpha value is -0.370. The third-order valence-electron chi connectivity index (χ3n) is 1.92. The summed E-state index contributed by atoms with van der Waals surface area (Å²) in [6.07, 6.45) is -1.15. The average Bonchev–Trinajstić information content (AvgIpc) is 2.29. The second-order valence-corrected chi connectivity index (χ2v) is 5.85. The van der Waals surface area contributed by atoms with Crippen molar-refractivity contribution in [2.75, 3.05) is 13.2 Å². The summed E-state index contributed by atoms with van der Waals surface area (Å²) < 4.78 is 25.6. The lowest BCUT2D eigenvalue weighted by molar-refractivity contribution is 0.0988. The quantitative estimate of drug-likeness (QED) is 0.744. The molecular weight excluding hydrogens is 289 g/mol. The lowest BCUT2D eigenvalue weighted by atomic mass is 10.4. The second-order valence-electron chi connectivity index (χ2n) is 3.26. The number of nitrogens with one attached hydrogen (secondary N) is 1. The van der Waals surface area contributed by atoms with Crippen LogP contribution in [0.25, 0.3) is 0 Å². The Labute approximate surface area is 109 Å². The van der Waals surface area contributed by atoms with Crippen LogP contribution in [-0.2, 0) is 10.0 Å². The van der Waals surface area contributed by atoms with Gasteiger partial charge in [-0.05, 0) is 18.2 Å². The number of hydrogen-bond donors (Lipinski definition) is 3. The Morgan fingerprint density at radius 1 is 1.29 bits per heavy atom. The van der Waals surface area contributed by atoms with Crippen LogP contribution >= 0.6 is 23.2 Å². The van der Waals surface area contributed by atoms with E-state index < -0.39 is 22.7 Å². The first-order chi connectivity index (χ1) is 7.86. The molecule has 0 bridgehead atoms. The van der Waals surface area contributed by atoms with E-state index >= 15 is 0 Å². The van der Waals surface area contributed by atoms with Crippen LogP contribution in [0, 0.1) is 0 Å². The van der Waals surface area contributed by atoms with E-state index in [-0.39, 0.29) is 21.5 Å². The molecule has 0 radical (unpaired) electrons. The Balaban J connectivity index is 2.86. The topological polar surface area (TPSA) is 86.6 Å². The molecule has 5 nitrogen and oxygen atoms in total. The van der Waals surface area contributed by atoms with Gasteiger partial charge in [0.25, 0.3) is 0 Å². The number of halogens is 2. The molecule has 0 aliphatic carbocycles. The van der Waals surface area contributed by atoms with Gasteiger partial charge in [-0.15, -0.1) is 0 Å². The van der Waals surface area contributed by atoms with Gasteiger partial charge in [-0.3, -0.25) is 0 Å². The molecule has 0 fully saturated rings. The maximum Gasteiger partial charge on any atom is 0.240 e. The van der Waals surface area contributed by atoms with E-state index in [4.69, 9.17) is 33.4 Å². The van der Waals surface area contributed by atoms with E-state index in [0.717, 1.165) is 0 Å². The van der Waals surface area contributed by atoms with Crippen molar-refractivity contribution in [1.82, 2.24) is 4.72 Å². The number of rotatable bonds is 5. The fraction of sp³-hybridized carbons (Fsp3) is 0.333. The Morgan fingerprint density at radius 2 is 1.94 bits per heavy atom. The van der Waals surface area contributed by atoms with Gasteiger partial charge < -0.3 is 10.2 Å². The minimum Gasteiger partial charge on any atom is -0.394 e. The van der Waals surface area contributed by atoms with Gasteiger partial charge in [0.2, 0.25) is 10.0 Å². The number of benzene rings is 1. The van der Waals surface area contributed by atoms with E-state index in [1.165, 1.54) is 18.2 Å². The molecule has 1 aromatic rings. The van der Waals surface area contributed by atoms with Gasteiger partial charge >= 0.3 is 0 Å². The highest BCUT2D eigenvalue weighted by Gasteiger charge is 2.16. The van der Waals surface area contributed by atoms with E-state index in [1.54, 1.807) is 0 Å². The van der Waals surface area contributed by atoms with E-state index in [1.807, 2.05) is 0 Å². The summed E-state index contributed by atoms with van der Waals surface area (Å²) in [5.74, 6) is 0. The molecule has 0 amide bonds.